The molecule has 0 aliphatic carbocycles. The first kappa shape index (κ1) is 10.0. The maximum Gasteiger partial charge on any atom is 0.0114 e. The summed E-state index contributed by atoms with van der Waals surface area (Å²) in [6, 6.07) is 0.748. The van der Waals surface area contributed by atoms with Crippen LogP contribution >= 0.6 is 0 Å². The third-order valence-corrected chi connectivity index (χ3v) is 2.90. The topological polar surface area (TPSA) is 15.3 Å². The van der Waals surface area contributed by atoms with Gasteiger partial charge in [-0.3, -0.25) is 0 Å². The number of hydrogen-bond acceptors (Lipinski definition) is 2. The fourth-order valence-electron chi connectivity index (χ4n) is 2.18. The number of hydrogen-bond donors (Lipinski definition) is 1. The maximum atomic E-state index is 3.39. The Kier molecular flexibility index (Phi) is 4.02. The van der Waals surface area contributed by atoms with Crippen molar-refractivity contribution in [3.05, 3.63) is 0 Å². The van der Waals surface area contributed by atoms with Crippen LogP contribution in [-0.2, 0) is 0 Å². The van der Waals surface area contributed by atoms with E-state index in [1.165, 1.54) is 32.5 Å². The summed E-state index contributed by atoms with van der Waals surface area (Å²) in [6.45, 7) is 8.45. The Hall–Kier alpha value is -0.0800. The van der Waals surface area contributed by atoms with Gasteiger partial charge in [-0.05, 0) is 38.9 Å². The molecule has 0 aromatic heterocycles. The highest BCUT2D eigenvalue weighted by atomic mass is 15.1. The number of likely N-dealkylation sites (tertiary alicyclic amines) is 1. The number of piperidine rings is 1. The van der Waals surface area contributed by atoms with Crippen molar-refractivity contribution in [3.63, 3.8) is 0 Å². The Morgan fingerprint density at radius 2 is 2.25 bits per heavy atom. The lowest BCUT2D eigenvalue weighted by molar-refractivity contribution is 0.152. The molecule has 0 radical (unpaired) electrons. The molecule has 0 amide bonds. The normalized spacial score (nSPS) is 32.2. The largest absolute Gasteiger partial charge is 0.317 e. The average Bonchev–Trinajstić information content (AvgIpc) is 2.05. The van der Waals surface area contributed by atoms with Gasteiger partial charge in [-0.1, -0.05) is 13.8 Å². The zero-order valence-electron chi connectivity index (χ0n) is 8.64. The molecule has 0 bridgehead atoms. The van der Waals surface area contributed by atoms with Gasteiger partial charge in [0.1, 0.15) is 0 Å². The first-order valence-electron chi connectivity index (χ1n) is 5.17. The first-order chi connectivity index (χ1) is 5.77. The van der Waals surface area contributed by atoms with Crippen LogP contribution in [0, 0.1) is 5.92 Å². The van der Waals surface area contributed by atoms with E-state index >= 15 is 0 Å². The molecule has 1 rings (SSSR count). The van der Waals surface area contributed by atoms with Gasteiger partial charge in [-0.2, -0.15) is 0 Å². The van der Waals surface area contributed by atoms with Crippen molar-refractivity contribution < 1.29 is 0 Å². The van der Waals surface area contributed by atoms with E-state index in [1.54, 1.807) is 0 Å². The lowest BCUT2D eigenvalue weighted by Gasteiger charge is -2.36. The van der Waals surface area contributed by atoms with Crippen LogP contribution < -0.4 is 5.32 Å². The average molecular weight is 170 g/mol. The van der Waals surface area contributed by atoms with Crippen LogP contribution in [-0.4, -0.2) is 37.6 Å². The number of nitrogens with one attached hydrogen (secondary N) is 1. The molecule has 2 nitrogen and oxygen atoms in total. The van der Waals surface area contributed by atoms with Crippen molar-refractivity contribution in [2.24, 2.45) is 5.92 Å². The number of rotatable bonds is 3. The second-order valence-electron chi connectivity index (χ2n) is 3.96. The van der Waals surface area contributed by atoms with Crippen LogP contribution in [0.15, 0.2) is 0 Å². The van der Waals surface area contributed by atoms with E-state index in [-0.39, 0.29) is 0 Å². The van der Waals surface area contributed by atoms with E-state index in [0.29, 0.717) is 0 Å². The Balaban J connectivity index is 2.30. The quantitative estimate of drug-likeness (QED) is 0.687. The molecule has 1 saturated heterocycles. The summed E-state index contributed by atoms with van der Waals surface area (Å²) in [5.41, 5.74) is 0. The van der Waals surface area contributed by atoms with Gasteiger partial charge in [0.25, 0.3) is 0 Å². The summed E-state index contributed by atoms with van der Waals surface area (Å²) in [6.07, 6.45) is 2.61. The van der Waals surface area contributed by atoms with E-state index in [2.05, 4.69) is 31.1 Å². The molecule has 0 aromatic carbocycles. The Morgan fingerprint density at radius 3 is 2.75 bits per heavy atom. The summed E-state index contributed by atoms with van der Waals surface area (Å²) < 4.78 is 0. The van der Waals surface area contributed by atoms with Gasteiger partial charge in [0, 0.05) is 12.6 Å². The van der Waals surface area contributed by atoms with Crippen LogP contribution in [0.4, 0.5) is 0 Å². The van der Waals surface area contributed by atoms with Crippen LogP contribution in [0.3, 0.4) is 0 Å². The zero-order chi connectivity index (χ0) is 8.97. The Labute approximate surface area is 76.3 Å². The predicted octanol–water partition coefficient (Wildman–Crippen LogP) is 1.33. The predicted molar refractivity (Wildman–Crippen MR) is 53.4 cm³/mol. The van der Waals surface area contributed by atoms with Gasteiger partial charge < -0.3 is 10.2 Å². The maximum absolute atomic E-state index is 3.39. The van der Waals surface area contributed by atoms with Crippen molar-refractivity contribution in [1.82, 2.24) is 10.2 Å². The standard InChI is InChI=1S/C10H22N2/c1-4-6-12-7-5-10(11-3)9(2)8-12/h9-11H,4-8H2,1-3H3. The smallest absolute Gasteiger partial charge is 0.0114 e. The molecule has 1 N–H and O–H groups in total. The van der Waals surface area contributed by atoms with Gasteiger partial charge in [0.2, 0.25) is 0 Å². The van der Waals surface area contributed by atoms with Crippen LogP contribution in [0.2, 0.25) is 0 Å². The summed E-state index contributed by atoms with van der Waals surface area (Å²) in [5, 5.41) is 3.39. The zero-order valence-corrected chi connectivity index (χ0v) is 8.64. The molecule has 0 aromatic rings. The van der Waals surface area contributed by atoms with E-state index < -0.39 is 0 Å². The summed E-state index contributed by atoms with van der Waals surface area (Å²) >= 11 is 0. The van der Waals surface area contributed by atoms with Gasteiger partial charge in [-0.25, -0.2) is 0 Å². The summed E-state index contributed by atoms with van der Waals surface area (Å²) in [7, 11) is 2.08. The second kappa shape index (κ2) is 4.83. The van der Waals surface area contributed by atoms with Crippen molar-refractivity contribution in [2.75, 3.05) is 26.7 Å². The van der Waals surface area contributed by atoms with E-state index in [9.17, 15) is 0 Å². The third-order valence-electron chi connectivity index (χ3n) is 2.90. The third kappa shape index (κ3) is 2.46. The molecule has 1 fully saturated rings. The van der Waals surface area contributed by atoms with Gasteiger partial charge in [-0.15, -0.1) is 0 Å². The molecule has 0 saturated carbocycles. The molecular formula is C10H22N2. The van der Waals surface area contributed by atoms with Crippen molar-refractivity contribution in [1.29, 1.82) is 0 Å². The first-order valence-corrected chi connectivity index (χ1v) is 5.17. The van der Waals surface area contributed by atoms with Crippen molar-refractivity contribution in [2.45, 2.75) is 32.7 Å². The Morgan fingerprint density at radius 1 is 1.50 bits per heavy atom. The van der Waals surface area contributed by atoms with Gasteiger partial charge in [0.05, 0.1) is 0 Å². The van der Waals surface area contributed by atoms with E-state index in [1.807, 2.05) is 0 Å². The minimum Gasteiger partial charge on any atom is -0.317 e. The van der Waals surface area contributed by atoms with E-state index in [4.69, 9.17) is 0 Å². The fraction of sp³-hybridized carbons (Fsp3) is 1.00. The molecule has 2 heteroatoms. The van der Waals surface area contributed by atoms with Gasteiger partial charge >= 0.3 is 0 Å². The highest BCUT2D eigenvalue weighted by Crippen LogP contribution is 2.16. The molecular weight excluding hydrogens is 148 g/mol. The highest BCUT2D eigenvalue weighted by molar-refractivity contribution is 4.81. The lowest BCUT2D eigenvalue weighted by atomic mass is 9.94. The fourth-order valence-corrected chi connectivity index (χ4v) is 2.18. The molecule has 0 spiro atoms. The summed E-state index contributed by atoms with van der Waals surface area (Å²) in [4.78, 5) is 2.58. The van der Waals surface area contributed by atoms with Crippen molar-refractivity contribution >= 4 is 0 Å². The number of nitrogens with zero attached hydrogens (tertiary/aromatic N) is 1. The molecule has 2 atom stereocenters. The highest BCUT2D eigenvalue weighted by Gasteiger charge is 2.23. The molecule has 2 unspecified atom stereocenters. The second-order valence-corrected chi connectivity index (χ2v) is 3.96. The van der Waals surface area contributed by atoms with E-state index in [0.717, 1.165) is 12.0 Å². The molecule has 12 heavy (non-hydrogen) atoms. The lowest BCUT2D eigenvalue weighted by Crippen LogP contribution is -2.47. The molecule has 1 heterocycles. The monoisotopic (exact) mass is 170 g/mol. The summed E-state index contributed by atoms with van der Waals surface area (Å²) in [5.74, 6) is 0.815. The SMILES string of the molecule is CCCN1CCC(NC)C(C)C1. The minimum atomic E-state index is 0.748. The molecule has 1 aliphatic heterocycles. The van der Waals surface area contributed by atoms with Crippen LogP contribution in [0.1, 0.15) is 26.7 Å². The molecule has 1 aliphatic rings. The van der Waals surface area contributed by atoms with Crippen molar-refractivity contribution in [3.8, 4) is 0 Å². The van der Waals surface area contributed by atoms with Gasteiger partial charge in [0.15, 0.2) is 0 Å². The van der Waals surface area contributed by atoms with Crippen LogP contribution in [0.5, 0.6) is 0 Å². The Bertz CT molecular complexity index is 125. The minimum absolute atomic E-state index is 0.748. The molecule has 72 valence electrons. The van der Waals surface area contributed by atoms with Crippen LogP contribution in [0.25, 0.3) is 0 Å².